The Bertz CT molecular complexity index is 605. The lowest BCUT2D eigenvalue weighted by atomic mass is 10.1. The van der Waals surface area contributed by atoms with Gasteiger partial charge in [-0.15, -0.1) is 0 Å². The van der Waals surface area contributed by atoms with Crippen LogP contribution in [0.1, 0.15) is 5.56 Å². The molecule has 2 aromatic carbocycles. The van der Waals surface area contributed by atoms with Crippen molar-refractivity contribution in [2.24, 2.45) is 0 Å². The average molecular weight is 287 g/mol. The molecule has 0 atom stereocenters. The van der Waals surface area contributed by atoms with Crippen molar-refractivity contribution >= 4 is 38.7 Å². The van der Waals surface area contributed by atoms with Crippen molar-refractivity contribution in [3.8, 4) is 0 Å². The van der Waals surface area contributed by atoms with Crippen molar-refractivity contribution in [2.75, 3.05) is 10.6 Å². The SMILES string of the molecule is C=C1Nc2ccccc2Nc2cc(Br)ccc21. The van der Waals surface area contributed by atoms with E-state index in [1.165, 1.54) is 0 Å². The molecule has 1 heterocycles. The second-order valence-corrected chi connectivity index (χ2v) is 4.88. The van der Waals surface area contributed by atoms with Gasteiger partial charge in [0.2, 0.25) is 0 Å². The van der Waals surface area contributed by atoms with Gasteiger partial charge >= 0.3 is 0 Å². The van der Waals surface area contributed by atoms with E-state index >= 15 is 0 Å². The highest BCUT2D eigenvalue weighted by atomic mass is 79.9. The molecule has 2 nitrogen and oxygen atoms in total. The zero-order valence-corrected chi connectivity index (χ0v) is 10.7. The quantitative estimate of drug-likeness (QED) is 0.740. The van der Waals surface area contributed by atoms with Crippen LogP contribution in [-0.4, -0.2) is 0 Å². The number of halogens is 1. The molecule has 0 radical (unpaired) electrons. The molecule has 2 N–H and O–H groups in total. The van der Waals surface area contributed by atoms with E-state index in [1.54, 1.807) is 0 Å². The topological polar surface area (TPSA) is 24.1 Å². The molecule has 0 amide bonds. The molecule has 2 aromatic rings. The summed E-state index contributed by atoms with van der Waals surface area (Å²) in [5, 5.41) is 6.75. The first-order valence-corrected chi connectivity index (χ1v) is 6.15. The van der Waals surface area contributed by atoms with E-state index in [-0.39, 0.29) is 0 Å². The van der Waals surface area contributed by atoms with Crippen LogP contribution < -0.4 is 10.6 Å². The predicted molar refractivity (Wildman–Crippen MR) is 76.5 cm³/mol. The molecule has 0 fully saturated rings. The second-order valence-electron chi connectivity index (χ2n) is 3.96. The van der Waals surface area contributed by atoms with E-state index < -0.39 is 0 Å². The fraction of sp³-hybridized carbons (Fsp3) is 0. The van der Waals surface area contributed by atoms with Crippen LogP contribution >= 0.6 is 15.9 Å². The average Bonchev–Trinajstić information content (AvgIpc) is 2.44. The Hall–Kier alpha value is -1.74. The van der Waals surface area contributed by atoms with Crippen molar-refractivity contribution in [3.05, 3.63) is 59.1 Å². The molecule has 0 saturated carbocycles. The minimum atomic E-state index is 0.907. The lowest BCUT2D eigenvalue weighted by molar-refractivity contribution is 1.53. The Kier molecular flexibility index (Phi) is 2.41. The summed E-state index contributed by atoms with van der Waals surface area (Å²) in [4.78, 5) is 0. The molecule has 0 saturated heterocycles. The zero-order valence-electron chi connectivity index (χ0n) is 9.13. The standard InChI is InChI=1S/C14H11BrN2/c1-9-11-7-6-10(15)8-14(11)17-13-5-3-2-4-12(13)16-9/h2-8,16-17H,1H2. The molecule has 0 bridgehead atoms. The normalized spacial score (nSPS) is 12.9. The molecule has 84 valence electrons. The Labute approximate surface area is 108 Å². The predicted octanol–water partition coefficient (Wildman–Crippen LogP) is 4.59. The van der Waals surface area contributed by atoms with Crippen LogP contribution in [0.3, 0.4) is 0 Å². The third kappa shape index (κ3) is 1.83. The molecule has 0 aliphatic carbocycles. The van der Waals surface area contributed by atoms with Crippen molar-refractivity contribution in [2.45, 2.75) is 0 Å². The molecular formula is C14H11BrN2. The van der Waals surface area contributed by atoms with Gasteiger partial charge in [0, 0.05) is 21.4 Å². The Morgan fingerprint density at radius 1 is 0.882 bits per heavy atom. The molecule has 3 heteroatoms. The zero-order chi connectivity index (χ0) is 11.8. The lowest BCUT2D eigenvalue weighted by Crippen LogP contribution is -1.94. The summed E-state index contributed by atoms with van der Waals surface area (Å²) >= 11 is 3.49. The summed E-state index contributed by atoms with van der Waals surface area (Å²) in [5.41, 5.74) is 5.16. The van der Waals surface area contributed by atoms with E-state index in [2.05, 4.69) is 39.2 Å². The van der Waals surface area contributed by atoms with Gasteiger partial charge in [-0.1, -0.05) is 34.6 Å². The number of para-hydroxylation sites is 2. The molecule has 0 spiro atoms. The second kappa shape index (κ2) is 3.93. The van der Waals surface area contributed by atoms with Gasteiger partial charge in [-0.05, 0) is 30.3 Å². The summed E-state index contributed by atoms with van der Waals surface area (Å²) in [6, 6.07) is 14.2. The molecule has 17 heavy (non-hydrogen) atoms. The first-order valence-electron chi connectivity index (χ1n) is 5.36. The van der Waals surface area contributed by atoms with Gasteiger partial charge in [0.05, 0.1) is 11.4 Å². The highest BCUT2D eigenvalue weighted by Crippen LogP contribution is 2.36. The molecule has 0 aromatic heterocycles. The van der Waals surface area contributed by atoms with Crippen molar-refractivity contribution in [1.82, 2.24) is 0 Å². The molecule has 0 unspecified atom stereocenters. The highest BCUT2D eigenvalue weighted by molar-refractivity contribution is 9.10. The smallest absolute Gasteiger partial charge is 0.0623 e. The minimum absolute atomic E-state index is 0.907. The van der Waals surface area contributed by atoms with Crippen LogP contribution in [-0.2, 0) is 0 Å². The summed E-state index contributed by atoms with van der Waals surface area (Å²) < 4.78 is 1.05. The summed E-state index contributed by atoms with van der Waals surface area (Å²) in [7, 11) is 0. The van der Waals surface area contributed by atoms with E-state index in [9.17, 15) is 0 Å². The Morgan fingerprint density at radius 3 is 2.35 bits per heavy atom. The van der Waals surface area contributed by atoms with Crippen LogP contribution in [0.5, 0.6) is 0 Å². The number of fused-ring (bicyclic) bond motifs is 2. The Balaban J connectivity index is 2.18. The van der Waals surface area contributed by atoms with Crippen molar-refractivity contribution in [3.63, 3.8) is 0 Å². The number of hydrogen-bond donors (Lipinski definition) is 2. The number of hydrogen-bond acceptors (Lipinski definition) is 2. The van der Waals surface area contributed by atoms with Crippen LogP contribution in [0.4, 0.5) is 17.1 Å². The molecule has 1 aliphatic heterocycles. The maximum absolute atomic E-state index is 4.08. The van der Waals surface area contributed by atoms with Crippen LogP contribution in [0.25, 0.3) is 5.70 Å². The van der Waals surface area contributed by atoms with E-state index in [0.717, 1.165) is 32.8 Å². The lowest BCUT2D eigenvalue weighted by Gasteiger charge is -2.08. The van der Waals surface area contributed by atoms with E-state index in [4.69, 9.17) is 0 Å². The van der Waals surface area contributed by atoms with E-state index in [0.29, 0.717) is 0 Å². The molecule has 3 rings (SSSR count). The number of anilines is 3. The van der Waals surface area contributed by atoms with E-state index in [1.807, 2.05) is 36.4 Å². The third-order valence-electron chi connectivity index (χ3n) is 2.79. The van der Waals surface area contributed by atoms with Gasteiger partial charge < -0.3 is 10.6 Å². The highest BCUT2D eigenvalue weighted by Gasteiger charge is 2.14. The number of rotatable bonds is 0. The van der Waals surface area contributed by atoms with Gasteiger partial charge in [-0.25, -0.2) is 0 Å². The van der Waals surface area contributed by atoms with Gasteiger partial charge in [0.1, 0.15) is 0 Å². The van der Waals surface area contributed by atoms with Crippen molar-refractivity contribution in [1.29, 1.82) is 0 Å². The third-order valence-corrected chi connectivity index (χ3v) is 3.28. The summed E-state index contributed by atoms with van der Waals surface area (Å²) in [6.07, 6.45) is 0. The van der Waals surface area contributed by atoms with Crippen molar-refractivity contribution < 1.29 is 0 Å². The largest absolute Gasteiger partial charge is 0.354 e. The first kappa shape index (κ1) is 10.4. The molecular weight excluding hydrogens is 276 g/mol. The molecule has 1 aliphatic rings. The number of benzene rings is 2. The summed E-state index contributed by atoms with van der Waals surface area (Å²) in [6.45, 7) is 4.08. The monoisotopic (exact) mass is 286 g/mol. The van der Waals surface area contributed by atoms with Gasteiger partial charge in [-0.2, -0.15) is 0 Å². The van der Waals surface area contributed by atoms with Crippen LogP contribution in [0.15, 0.2) is 53.5 Å². The fourth-order valence-corrected chi connectivity index (χ4v) is 2.32. The number of nitrogens with one attached hydrogen (secondary N) is 2. The maximum Gasteiger partial charge on any atom is 0.0623 e. The summed E-state index contributed by atoms with van der Waals surface area (Å²) in [5.74, 6) is 0. The van der Waals surface area contributed by atoms with Crippen LogP contribution in [0, 0.1) is 0 Å². The Morgan fingerprint density at radius 2 is 1.59 bits per heavy atom. The van der Waals surface area contributed by atoms with Crippen LogP contribution in [0.2, 0.25) is 0 Å². The van der Waals surface area contributed by atoms with Gasteiger partial charge in [-0.3, -0.25) is 0 Å². The maximum atomic E-state index is 4.08. The van der Waals surface area contributed by atoms with Gasteiger partial charge in [0.15, 0.2) is 0 Å². The van der Waals surface area contributed by atoms with Gasteiger partial charge in [0.25, 0.3) is 0 Å². The fourth-order valence-electron chi connectivity index (χ4n) is 1.96. The minimum Gasteiger partial charge on any atom is -0.354 e. The first-order chi connectivity index (χ1) is 8.24.